The number of carbonyl (C=O) groups is 1. The summed E-state index contributed by atoms with van der Waals surface area (Å²) >= 11 is 1.54. The van der Waals surface area contributed by atoms with Gasteiger partial charge >= 0.3 is 0 Å². The SMILES string of the molecule is NC(=O)COc1ccc(OCCN(CCCO)CC(O)COc2ccsc2)cc1. The number of hydrogen-bond acceptors (Lipinski definition) is 8. The van der Waals surface area contributed by atoms with Gasteiger partial charge in [-0.1, -0.05) is 0 Å². The summed E-state index contributed by atoms with van der Waals surface area (Å²) in [6, 6.07) is 8.76. The number of amides is 1. The molecule has 1 aromatic carbocycles. The number of benzene rings is 1. The third-order valence-corrected chi connectivity index (χ3v) is 4.58. The summed E-state index contributed by atoms with van der Waals surface area (Å²) < 4.78 is 16.5. The van der Waals surface area contributed by atoms with Crippen molar-refractivity contribution in [2.75, 3.05) is 46.1 Å². The van der Waals surface area contributed by atoms with Gasteiger partial charge in [-0.05, 0) is 42.1 Å². The van der Waals surface area contributed by atoms with Crippen LogP contribution in [-0.4, -0.2) is 73.2 Å². The van der Waals surface area contributed by atoms with Crippen LogP contribution in [-0.2, 0) is 4.79 Å². The van der Waals surface area contributed by atoms with Gasteiger partial charge in [-0.15, -0.1) is 11.3 Å². The molecule has 160 valence electrons. The van der Waals surface area contributed by atoms with Gasteiger partial charge in [0.15, 0.2) is 6.61 Å². The van der Waals surface area contributed by atoms with E-state index < -0.39 is 12.0 Å². The van der Waals surface area contributed by atoms with E-state index in [9.17, 15) is 9.90 Å². The summed E-state index contributed by atoms with van der Waals surface area (Å²) in [5, 5.41) is 23.1. The second kappa shape index (κ2) is 13.0. The largest absolute Gasteiger partial charge is 0.492 e. The molecule has 2 aromatic rings. The van der Waals surface area contributed by atoms with Crippen molar-refractivity contribution < 1.29 is 29.2 Å². The Morgan fingerprint density at radius 1 is 1.07 bits per heavy atom. The highest BCUT2D eigenvalue weighted by Gasteiger charge is 2.13. The summed E-state index contributed by atoms with van der Waals surface area (Å²) in [6.07, 6.45) is -0.0282. The van der Waals surface area contributed by atoms with Gasteiger partial charge in [-0.25, -0.2) is 0 Å². The van der Waals surface area contributed by atoms with Crippen LogP contribution < -0.4 is 19.9 Å². The maximum absolute atomic E-state index is 10.7. The minimum absolute atomic E-state index is 0.0889. The number of nitrogens with two attached hydrogens (primary N) is 1. The lowest BCUT2D eigenvalue weighted by Crippen LogP contribution is -2.38. The van der Waals surface area contributed by atoms with Crippen molar-refractivity contribution in [2.45, 2.75) is 12.5 Å². The van der Waals surface area contributed by atoms with Crippen molar-refractivity contribution in [2.24, 2.45) is 5.73 Å². The molecule has 0 aliphatic heterocycles. The van der Waals surface area contributed by atoms with Crippen LogP contribution in [0.3, 0.4) is 0 Å². The summed E-state index contributed by atoms with van der Waals surface area (Å²) in [5.41, 5.74) is 5.04. The fourth-order valence-electron chi connectivity index (χ4n) is 2.55. The zero-order valence-electron chi connectivity index (χ0n) is 16.2. The fourth-order valence-corrected chi connectivity index (χ4v) is 3.12. The van der Waals surface area contributed by atoms with E-state index in [1.165, 1.54) is 0 Å². The number of thiophene rings is 1. The Hall–Kier alpha value is -2.33. The average molecular weight is 425 g/mol. The number of ether oxygens (including phenoxy) is 3. The second-order valence-electron chi connectivity index (χ2n) is 6.38. The molecule has 2 rings (SSSR count). The van der Waals surface area contributed by atoms with Gasteiger partial charge in [0.25, 0.3) is 5.91 Å². The highest BCUT2D eigenvalue weighted by Crippen LogP contribution is 2.18. The van der Waals surface area contributed by atoms with E-state index in [2.05, 4.69) is 0 Å². The van der Waals surface area contributed by atoms with Gasteiger partial charge in [-0.2, -0.15) is 0 Å². The lowest BCUT2D eigenvalue weighted by Gasteiger charge is -2.24. The Bertz CT molecular complexity index is 696. The third-order valence-electron chi connectivity index (χ3n) is 3.92. The smallest absolute Gasteiger partial charge is 0.255 e. The molecular formula is C20H28N2O6S. The van der Waals surface area contributed by atoms with Gasteiger partial charge in [0, 0.05) is 31.6 Å². The topological polar surface area (TPSA) is 114 Å². The molecule has 0 aliphatic rings. The zero-order chi connectivity index (χ0) is 20.9. The Kier molecular flexibility index (Phi) is 10.3. The van der Waals surface area contributed by atoms with Crippen molar-refractivity contribution in [3.8, 4) is 17.2 Å². The predicted octanol–water partition coefficient (Wildman–Crippen LogP) is 1.12. The lowest BCUT2D eigenvalue weighted by molar-refractivity contribution is -0.119. The van der Waals surface area contributed by atoms with E-state index in [0.29, 0.717) is 44.2 Å². The molecule has 1 atom stereocenters. The van der Waals surface area contributed by atoms with Crippen LogP contribution in [0.5, 0.6) is 17.2 Å². The van der Waals surface area contributed by atoms with E-state index in [1.807, 2.05) is 21.7 Å². The molecule has 0 radical (unpaired) electrons. The monoisotopic (exact) mass is 424 g/mol. The molecule has 0 spiro atoms. The number of aliphatic hydroxyl groups is 2. The summed E-state index contributed by atoms with van der Waals surface area (Å²) in [5.74, 6) is 1.42. The minimum atomic E-state index is -0.643. The van der Waals surface area contributed by atoms with Crippen molar-refractivity contribution in [1.82, 2.24) is 4.90 Å². The molecule has 0 aliphatic carbocycles. The summed E-state index contributed by atoms with van der Waals surface area (Å²) in [6.45, 7) is 2.22. The molecule has 1 aromatic heterocycles. The molecule has 1 amide bonds. The first kappa shape index (κ1) is 23.0. The molecule has 0 saturated heterocycles. The third kappa shape index (κ3) is 9.62. The molecule has 1 heterocycles. The average Bonchev–Trinajstić information content (AvgIpc) is 3.23. The van der Waals surface area contributed by atoms with Crippen molar-refractivity contribution in [3.63, 3.8) is 0 Å². The highest BCUT2D eigenvalue weighted by atomic mass is 32.1. The van der Waals surface area contributed by atoms with E-state index in [1.54, 1.807) is 35.6 Å². The molecule has 8 nitrogen and oxygen atoms in total. The summed E-state index contributed by atoms with van der Waals surface area (Å²) in [7, 11) is 0. The van der Waals surface area contributed by atoms with Crippen LogP contribution in [0.15, 0.2) is 41.1 Å². The van der Waals surface area contributed by atoms with Crippen molar-refractivity contribution in [1.29, 1.82) is 0 Å². The number of hydrogen-bond donors (Lipinski definition) is 3. The quantitative estimate of drug-likeness (QED) is 0.392. The molecule has 9 heteroatoms. The standard InChI is InChI=1S/C20H28N2O6S/c21-20(25)14-28-18-4-2-17(3-5-18)26-10-8-22(7-1-9-23)12-16(24)13-27-19-6-11-29-15-19/h2-6,11,15-16,23-24H,1,7-10,12-14H2,(H2,21,25). The van der Waals surface area contributed by atoms with Gasteiger partial charge in [-0.3, -0.25) is 9.69 Å². The first-order chi connectivity index (χ1) is 14.1. The summed E-state index contributed by atoms with van der Waals surface area (Å²) in [4.78, 5) is 12.8. The maximum Gasteiger partial charge on any atom is 0.255 e. The minimum Gasteiger partial charge on any atom is -0.492 e. The van der Waals surface area contributed by atoms with Crippen LogP contribution in [0.25, 0.3) is 0 Å². The number of aliphatic hydroxyl groups excluding tert-OH is 2. The molecular weight excluding hydrogens is 396 g/mol. The van der Waals surface area contributed by atoms with Crippen LogP contribution >= 0.6 is 11.3 Å². The predicted molar refractivity (Wildman–Crippen MR) is 111 cm³/mol. The lowest BCUT2D eigenvalue weighted by atomic mass is 10.3. The van der Waals surface area contributed by atoms with E-state index in [0.717, 1.165) is 5.75 Å². The van der Waals surface area contributed by atoms with Crippen LogP contribution in [0, 0.1) is 0 Å². The second-order valence-corrected chi connectivity index (χ2v) is 7.16. The van der Waals surface area contributed by atoms with Crippen LogP contribution in [0.2, 0.25) is 0 Å². The maximum atomic E-state index is 10.7. The number of nitrogens with zero attached hydrogens (tertiary/aromatic N) is 1. The van der Waals surface area contributed by atoms with Crippen LogP contribution in [0.1, 0.15) is 6.42 Å². The zero-order valence-corrected chi connectivity index (χ0v) is 17.1. The Balaban J connectivity index is 1.73. The Morgan fingerprint density at radius 2 is 1.79 bits per heavy atom. The molecule has 1 unspecified atom stereocenters. The number of carbonyl (C=O) groups excluding carboxylic acids is 1. The molecule has 0 fully saturated rings. The highest BCUT2D eigenvalue weighted by molar-refractivity contribution is 7.08. The molecule has 4 N–H and O–H groups in total. The molecule has 0 bridgehead atoms. The van der Waals surface area contributed by atoms with Crippen LogP contribution in [0.4, 0.5) is 0 Å². The first-order valence-electron chi connectivity index (χ1n) is 9.37. The molecule has 0 saturated carbocycles. The van der Waals surface area contributed by atoms with Gasteiger partial charge in [0.2, 0.25) is 0 Å². The van der Waals surface area contributed by atoms with Gasteiger partial charge < -0.3 is 30.2 Å². The van der Waals surface area contributed by atoms with Crippen molar-refractivity contribution in [3.05, 3.63) is 41.1 Å². The Morgan fingerprint density at radius 3 is 2.41 bits per heavy atom. The number of primary amides is 1. The van der Waals surface area contributed by atoms with E-state index in [-0.39, 0.29) is 19.8 Å². The van der Waals surface area contributed by atoms with E-state index in [4.69, 9.17) is 25.1 Å². The van der Waals surface area contributed by atoms with Gasteiger partial charge in [0.1, 0.15) is 36.6 Å². The van der Waals surface area contributed by atoms with E-state index >= 15 is 0 Å². The first-order valence-corrected chi connectivity index (χ1v) is 10.3. The van der Waals surface area contributed by atoms with Gasteiger partial charge in [0.05, 0.1) is 0 Å². The number of rotatable bonds is 15. The fraction of sp³-hybridized carbons (Fsp3) is 0.450. The molecule has 29 heavy (non-hydrogen) atoms. The van der Waals surface area contributed by atoms with Crippen molar-refractivity contribution >= 4 is 17.2 Å². The normalized spacial score (nSPS) is 12.0. The Labute approximate surface area is 174 Å².